The van der Waals surface area contributed by atoms with Crippen molar-refractivity contribution in [3.63, 3.8) is 0 Å². The van der Waals surface area contributed by atoms with Crippen LogP contribution in [0, 0.1) is 0 Å². The van der Waals surface area contributed by atoms with E-state index in [4.69, 9.17) is 18.9 Å². The summed E-state index contributed by atoms with van der Waals surface area (Å²) >= 11 is 0. The van der Waals surface area contributed by atoms with Gasteiger partial charge in [-0.25, -0.2) is 0 Å². The van der Waals surface area contributed by atoms with Crippen LogP contribution in [0.5, 0.6) is 0 Å². The Labute approximate surface area is 485 Å². The van der Waals surface area contributed by atoms with E-state index in [1.807, 2.05) is 6.08 Å². The molecular weight excluding hydrogens is 1010 g/mol. The van der Waals surface area contributed by atoms with Crippen LogP contribution in [0.15, 0.2) is 72.9 Å². The number of allylic oxidation sites excluding steroid dienone is 11. The number of aliphatic hydroxyl groups excluding tert-OH is 8. The number of rotatable bonds is 51. The summed E-state index contributed by atoms with van der Waals surface area (Å²) in [5.41, 5.74) is 0. The maximum absolute atomic E-state index is 13.2. The lowest BCUT2D eigenvalue weighted by Crippen LogP contribution is -2.65. The third kappa shape index (κ3) is 35.5. The molecular formula is C66H117NO13. The van der Waals surface area contributed by atoms with Crippen molar-refractivity contribution in [2.75, 3.05) is 19.8 Å². The molecule has 12 atom stereocenters. The van der Waals surface area contributed by atoms with Crippen LogP contribution in [0.3, 0.4) is 0 Å². The van der Waals surface area contributed by atoms with Crippen molar-refractivity contribution in [3.05, 3.63) is 72.9 Å². The van der Waals surface area contributed by atoms with E-state index in [9.17, 15) is 45.6 Å². The fraction of sp³-hybridized carbons (Fsp3) is 0.803. The first-order chi connectivity index (χ1) is 39.1. The first-order valence-corrected chi connectivity index (χ1v) is 32.2. The Kier molecular flexibility index (Phi) is 46.8. The number of hydrogen-bond donors (Lipinski definition) is 9. The minimum atomic E-state index is -1.79. The number of ether oxygens (including phenoxy) is 4. The number of hydrogen-bond acceptors (Lipinski definition) is 13. The highest BCUT2D eigenvalue weighted by Crippen LogP contribution is 2.30. The minimum Gasteiger partial charge on any atom is -0.394 e. The van der Waals surface area contributed by atoms with Crippen molar-refractivity contribution in [2.24, 2.45) is 0 Å². The Bertz CT molecular complexity index is 1620. The Hall–Kier alpha value is -2.57. The molecule has 14 nitrogen and oxygen atoms in total. The van der Waals surface area contributed by atoms with Gasteiger partial charge in [0.05, 0.1) is 32.0 Å². The molecule has 0 aromatic rings. The molecule has 2 fully saturated rings. The summed E-state index contributed by atoms with van der Waals surface area (Å²) < 4.78 is 22.8. The van der Waals surface area contributed by atoms with Gasteiger partial charge in [-0.3, -0.25) is 4.79 Å². The van der Waals surface area contributed by atoms with Crippen LogP contribution in [0.25, 0.3) is 0 Å². The fourth-order valence-corrected chi connectivity index (χ4v) is 10.3. The SMILES string of the molecule is CC/C=C\C/C=C\C/C=C\C/C=C\C/C=C\CCCCCCCCCCCCCCCCCCCCCC(=O)NC(COC1OC(CO)C(OC2OC(CO)C(O)C(O)C2O)C(O)C1O)C(O)/C=C/CCCCCCCCCCC. The van der Waals surface area contributed by atoms with Gasteiger partial charge < -0.3 is 65.1 Å². The lowest BCUT2D eigenvalue weighted by Gasteiger charge is -2.46. The maximum atomic E-state index is 13.2. The van der Waals surface area contributed by atoms with E-state index in [1.54, 1.807) is 6.08 Å². The maximum Gasteiger partial charge on any atom is 0.220 e. The van der Waals surface area contributed by atoms with Crippen LogP contribution < -0.4 is 5.32 Å². The van der Waals surface area contributed by atoms with Gasteiger partial charge in [0.1, 0.15) is 48.8 Å². The lowest BCUT2D eigenvalue weighted by molar-refractivity contribution is -0.359. The van der Waals surface area contributed by atoms with Crippen molar-refractivity contribution in [2.45, 2.75) is 319 Å². The second-order valence-corrected chi connectivity index (χ2v) is 22.5. The Morgan fingerprint density at radius 2 is 0.863 bits per heavy atom. The van der Waals surface area contributed by atoms with Crippen molar-refractivity contribution in [3.8, 4) is 0 Å². The summed E-state index contributed by atoms with van der Waals surface area (Å²) in [5.74, 6) is -0.240. The van der Waals surface area contributed by atoms with E-state index in [1.165, 1.54) is 148 Å². The quantitative estimate of drug-likeness (QED) is 0.0204. The number of carbonyl (C=O) groups excluding carboxylic acids is 1. The Morgan fingerprint density at radius 3 is 1.32 bits per heavy atom. The van der Waals surface area contributed by atoms with Gasteiger partial charge in [0.25, 0.3) is 0 Å². The first kappa shape index (κ1) is 73.5. The molecule has 9 N–H and O–H groups in total. The van der Waals surface area contributed by atoms with E-state index >= 15 is 0 Å². The van der Waals surface area contributed by atoms with Gasteiger partial charge in [-0.2, -0.15) is 0 Å². The van der Waals surface area contributed by atoms with Crippen LogP contribution >= 0.6 is 0 Å². The molecule has 0 aromatic carbocycles. The summed E-state index contributed by atoms with van der Waals surface area (Å²) in [4.78, 5) is 13.2. The van der Waals surface area contributed by atoms with Crippen molar-refractivity contribution >= 4 is 5.91 Å². The largest absolute Gasteiger partial charge is 0.394 e. The van der Waals surface area contributed by atoms with Gasteiger partial charge in [0, 0.05) is 6.42 Å². The number of nitrogens with one attached hydrogen (secondary N) is 1. The number of aliphatic hydroxyl groups is 8. The molecule has 14 heteroatoms. The van der Waals surface area contributed by atoms with E-state index < -0.39 is 86.8 Å². The smallest absolute Gasteiger partial charge is 0.220 e. The molecule has 2 rings (SSSR count). The summed E-state index contributed by atoms with van der Waals surface area (Å²) in [6, 6.07) is -0.914. The molecule has 0 saturated carbocycles. The summed E-state index contributed by atoms with van der Waals surface area (Å²) in [5, 5.41) is 87.0. The zero-order valence-corrected chi connectivity index (χ0v) is 50.1. The number of unbranched alkanes of at least 4 members (excludes halogenated alkanes) is 28. The van der Waals surface area contributed by atoms with Gasteiger partial charge in [-0.1, -0.05) is 247 Å². The molecule has 80 heavy (non-hydrogen) atoms. The van der Waals surface area contributed by atoms with Crippen molar-refractivity contribution < 1.29 is 64.6 Å². The van der Waals surface area contributed by atoms with Crippen LogP contribution in [-0.2, 0) is 23.7 Å². The molecule has 0 radical (unpaired) electrons. The molecule has 464 valence electrons. The van der Waals surface area contributed by atoms with E-state index in [-0.39, 0.29) is 18.9 Å². The minimum absolute atomic E-state index is 0.240. The third-order valence-electron chi connectivity index (χ3n) is 15.4. The average molecular weight is 1130 g/mol. The van der Waals surface area contributed by atoms with E-state index in [2.05, 4.69) is 79.9 Å². The zero-order chi connectivity index (χ0) is 58.1. The van der Waals surface area contributed by atoms with Crippen molar-refractivity contribution in [1.29, 1.82) is 0 Å². The number of carbonyl (C=O) groups is 1. The summed E-state index contributed by atoms with van der Waals surface area (Å²) in [6.07, 6.45) is 51.2. The topological polar surface area (TPSA) is 228 Å². The number of amides is 1. The summed E-state index contributed by atoms with van der Waals surface area (Å²) in [7, 11) is 0. The molecule has 1 amide bonds. The molecule has 0 aliphatic carbocycles. The van der Waals surface area contributed by atoms with Crippen LogP contribution in [0.4, 0.5) is 0 Å². The highest BCUT2D eigenvalue weighted by molar-refractivity contribution is 5.76. The molecule has 2 saturated heterocycles. The van der Waals surface area contributed by atoms with Gasteiger partial charge in [-0.15, -0.1) is 0 Å². The van der Waals surface area contributed by atoms with Gasteiger partial charge in [0.15, 0.2) is 12.6 Å². The molecule has 0 spiro atoms. The van der Waals surface area contributed by atoms with E-state index in [0.29, 0.717) is 6.42 Å². The second kappa shape index (κ2) is 50.9. The zero-order valence-electron chi connectivity index (χ0n) is 50.1. The Morgan fingerprint density at radius 1 is 0.463 bits per heavy atom. The molecule has 2 aliphatic heterocycles. The molecule has 0 aromatic heterocycles. The summed E-state index contributed by atoms with van der Waals surface area (Å²) in [6.45, 7) is 2.67. The second-order valence-electron chi connectivity index (χ2n) is 22.5. The van der Waals surface area contributed by atoms with Crippen LogP contribution in [0.1, 0.15) is 245 Å². The van der Waals surface area contributed by atoms with Crippen LogP contribution in [0.2, 0.25) is 0 Å². The highest BCUT2D eigenvalue weighted by atomic mass is 16.7. The molecule has 2 aliphatic rings. The lowest BCUT2D eigenvalue weighted by atomic mass is 9.97. The Balaban J connectivity index is 1.59. The van der Waals surface area contributed by atoms with Gasteiger partial charge in [0.2, 0.25) is 5.91 Å². The van der Waals surface area contributed by atoms with Crippen LogP contribution in [-0.4, -0.2) is 140 Å². The predicted molar refractivity (Wildman–Crippen MR) is 323 cm³/mol. The molecule has 0 bridgehead atoms. The monoisotopic (exact) mass is 1130 g/mol. The first-order valence-electron chi connectivity index (χ1n) is 32.2. The molecule has 12 unspecified atom stereocenters. The third-order valence-corrected chi connectivity index (χ3v) is 15.4. The highest BCUT2D eigenvalue weighted by Gasteiger charge is 2.51. The van der Waals surface area contributed by atoms with Gasteiger partial charge in [-0.05, 0) is 64.2 Å². The fourth-order valence-electron chi connectivity index (χ4n) is 10.3. The average Bonchev–Trinajstić information content (AvgIpc) is 3.46. The standard InChI is InChI=1S/C66H117NO13/c1-3-5-7-9-11-13-15-16-17-18-19-20-21-22-23-24-25-26-27-28-29-30-31-32-33-34-35-36-37-38-40-42-44-46-48-50-58(71)67-54(55(70)49-47-45-43-41-39-14-12-10-8-6-4-2)53-77-65-63(76)61(74)64(57(52-69)79-65)80-66-62(75)60(73)59(72)56(51-68)78-66/h5,7,11,13,16-17,19-20,22-23,47,49,54-57,59-66,68-70,72-76H,3-4,6,8-10,12,14-15,18,21,24-46,48,50-53H2,1-2H3,(H,67,71)/b7-5-,13-11-,17-16-,20-19-,23-22-,49-47+. The molecule has 2 heterocycles. The normalized spacial score (nSPS) is 24.7. The predicted octanol–water partition coefficient (Wildman–Crippen LogP) is 11.9. The van der Waals surface area contributed by atoms with E-state index in [0.717, 1.165) is 70.6 Å². The van der Waals surface area contributed by atoms with Gasteiger partial charge >= 0.3 is 0 Å². The van der Waals surface area contributed by atoms with Crippen molar-refractivity contribution in [1.82, 2.24) is 5.32 Å².